The van der Waals surface area contributed by atoms with Crippen molar-refractivity contribution in [3.05, 3.63) is 52.0 Å². The summed E-state index contributed by atoms with van der Waals surface area (Å²) in [5.74, 6) is -1.22. The van der Waals surface area contributed by atoms with E-state index in [1.165, 1.54) is 42.5 Å². The van der Waals surface area contributed by atoms with E-state index in [-0.39, 0.29) is 22.8 Å². The molecule has 0 fully saturated rings. The van der Waals surface area contributed by atoms with Crippen LogP contribution in [0.2, 0.25) is 0 Å². The Morgan fingerprint density at radius 1 is 1.21 bits per heavy atom. The van der Waals surface area contributed by atoms with Gasteiger partial charge in [0, 0.05) is 10.2 Å². The first-order chi connectivity index (χ1) is 13.8. The standard InChI is InChI=1S/C20H17BrN2O6/c1-2-28-17-8-12(16(21)9-18(17)29-11-19(25)26)7-13(10-22)20(27)23-14-3-5-15(24)6-4-14/h3-9,24H,2,11H2,1H3,(H,23,27)(H,25,26)/b13-7+. The quantitative estimate of drug-likeness (QED) is 0.312. The van der Waals surface area contributed by atoms with Crippen molar-refractivity contribution in [3.63, 3.8) is 0 Å². The number of benzene rings is 2. The highest BCUT2D eigenvalue weighted by Gasteiger charge is 2.15. The minimum Gasteiger partial charge on any atom is -0.508 e. The SMILES string of the molecule is CCOc1cc(/C=C(\C#N)C(=O)Nc2ccc(O)cc2)c(Br)cc1OCC(=O)O. The Bertz CT molecular complexity index is 980. The molecular formula is C20H17BrN2O6. The van der Waals surface area contributed by atoms with E-state index in [9.17, 15) is 20.0 Å². The van der Waals surface area contributed by atoms with Gasteiger partial charge >= 0.3 is 5.97 Å². The van der Waals surface area contributed by atoms with Gasteiger partial charge in [0.15, 0.2) is 18.1 Å². The molecule has 0 aliphatic carbocycles. The normalized spacial score (nSPS) is 10.7. The van der Waals surface area contributed by atoms with Crippen molar-refractivity contribution in [1.29, 1.82) is 5.26 Å². The summed E-state index contributed by atoms with van der Waals surface area (Å²) >= 11 is 3.32. The van der Waals surface area contributed by atoms with Crippen molar-refractivity contribution in [2.24, 2.45) is 0 Å². The number of aromatic hydroxyl groups is 1. The minimum atomic E-state index is -1.13. The number of halogens is 1. The lowest BCUT2D eigenvalue weighted by molar-refractivity contribution is -0.139. The van der Waals surface area contributed by atoms with Crippen LogP contribution in [0.4, 0.5) is 5.69 Å². The lowest BCUT2D eigenvalue weighted by atomic mass is 10.1. The maximum absolute atomic E-state index is 12.4. The van der Waals surface area contributed by atoms with Gasteiger partial charge in [0.2, 0.25) is 0 Å². The van der Waals surface area contributed by atoms with Gasteiger partial charge in [-0.25, -0.2) is 4.79 Å². The highest BCUT2D eigenvalue weighted by atomic mass is 79.9. The lowest BCUT2D eigenvalue weighted by Crippen LogP contribution is -2.13. The molecule has 2 aromatic carbocycles. The number of hydrogen-bond acceptors (Lipinski definition) is 6. The molecule has 2 aromatic rings. The summed E-state index contributed by atoms with van der Waals surface area (Å²) < 4.78 is 11.2. The topological polar surface area (TPSA) is 129 Å². The zero-order valence-corrected chi connectivity index (χ0v) is 16.9. The number of aliphatic carboxylic acids is 1. The second kappa shape index (κ2) is 10.1. The number of carbonyl (C=O) groups excluding carboxylic acids is 1. The molecule has 0 aromatic heterocycles. The van der Waals surface area contributed by atoms with Crippen LogP contribution in [0.15, 0.2) is 46.4 Å². The molecule has 0 radical (unpaired) electrons. The van der Waals surface area contributed by atoms with Crippen LogP contribution in [-0.4, -0.2) is 35.3 Å². The molecule has 150 valence electrons. The van der Waals surface area contributed by atoms with Crippen molar-refractivity contribution in [2.75, 3.05) is 18.5 Å². The van der Waals surface area contributed by atoms with Gasteiger partial charge in [-0.1, -0.05) is 15.9 Å². The molecule has 0 atom stereocenters. The van der Waals surface area contributed by atoms with Gasteiger partial charge in [0.25, 0.3) is 5.91 Å². The number of anilines is 1. The molecular weight excluding hydrogens is 444 g/mol. The van der Waals surface area contributed by atoms with Crippen molar-refractivity contribution >= 4 is 39.6 Å². The summed E-state index contributed by atoms with van der Waals surface area (Å²) in [6.45, 7) is 1.52. The average molecular weight is 461 g/mol. The van der Waals surface area contributed by atoms with Crippen LogP contribution in [-0.2, 0) is 9.59 Å². The monoisotopic (exact) mass is 460 g/mol. The largest absolute Gasteiger partial charge is 0.508 e. The minimum absolute atomic E-state index is 0.0524. The number of phenolic OH excluding ortho intramolecular Hbond substituents is 1. The molecule has 29 heavy (non-hydrogen) atoms. The first-order valence-electron chi connectivity index (χ1n) is 8.37. The van der Waals surface area contributed by atoms with E-state index in [1.807, 2.05) is 6.07 Å². The molecule has 0 aliphatic heterocycles. The number of nitrogens with one attached hydrogen (secondary N) is 1. The molecule has 8 nitrogen and oxygen atoms in total. The molecule has 2 rings (SSSR count). The predicted octanol–water partition coefficient (Wildman–Crippen LogP) is 3.56. The Kier molecular flexibility index (Phi) is 7.62. The fourth-order valence-corrected chi connectivity index (χ4v) is 2.67. The number of nitrogens with zero attached hydrogens (tertiary/aromatic N) is 1. The molecule has 3 N–H and O–H groups in total. The third-order valence-corrected chi connectivity index (χ3v) is 4.19. The highest BCUT2D eigenvalue weighted by molar-refractivity contribution is 9.10. The van der Waals surface area contributed by atoms with E-state index < -0.39 is 18.5 Å². The van der Waals surface area contributed by atoms with Crippen LogP contribution in [0.1, 0.15) is 12.5 Å². The van der Waals surface area contributed by atoms with Gasteiger partial charge in [-0.3, -0.25) is 4.79 Å². The first kappa shape index (κ1) is 21.8. The molecule has 0 heterocycles. The van der Waals surface area contributed by atoms with E-state index in [4.69, 9.17) is 14.6 Å². The Morgan fingerprint density at radius 2 is 1.86 bits per heavy atom. The van der Waals surface area contributed by atoms with E-state index in [0.717, 1.165) is 0 Å². The van der Waals surface area contributed by atoms with Crippen molar-refractivity contribution in [2.45, 2.75) is 6.92 Å². The van der Waals surface area contributed by atoms with Crippen molar-refractivity contribution < 1.29 is 29.3 Å². The van der Waals surface area contributed by atoms with E-state index in [0.29, 0.717) is 22.3 Å². The second-order valence-corrected chi connectivity index (χ2v) is 6.46. The molecule has 0 spiro atoms. The Labute approximate surface area is 175 Å². The summed E-state index contributed by atoms with van der Waals surface area (Å²) in [6.07, 6.45) is 1.36. The summed E-state index contributed by atoms with van der Waals surface area (Å²) in [4.78, 5) is 23.1. The number of ether oxygens (including phenoxy) is 2. The van der Waals surface area contributed by atoms with Gasteiger partial charge in [-0.2, -0.15) is 5.26 Å². The van der Waals surface area contributed by atoms with Crippen molar-refractivity contribution in [3.8, 4) is 23.3 Å². The number of nitriles is 1. The van der Waals surface area contributed by atoms with Crippen LogP contribution in [0, 0.1) is 11.3 Å². The van der Waals surface area contributed by atoms with Gasteiger partial charge in [0.05, 0.1) is 6.61 Å². The third kappa shape index (κ3) is 6.26. The molecule has 1 amide bonds. The lowest BCUT2D eigenvalue weighted by Gasteiger charge is -2.13. The van der Waals surface area contributed by atoms with Gasteiger partial charge in [-0.05, 0) is 55.0 Å². The number of phenols is 1. The van der Waals surface area contributed by atoms with Crippen molar-refractivity contribution in [1.82, 2.24) is 0 Å². The summed E-state index contributed by atoms with van der Waals surface area (Å²) in [7, 11) is 0. The summed E-state index contributed by atoms with van der Waals surface area (Å²) in [6, 6.07) is 10.7. The van der Waals surface area contributed by atoms with Crippen LogP contribution < -0.4 is 14.8 Å². The van der Waals surface area contributed by atoms with Crippen LogP contribution in [0.3, 0.4) is 0 Å². The number of rotatable bonds is 8. The van der Waals surface area contributed by atoms with E-state index in [1.54, 1.807) is 6.92 Å². The Morgan fingerprint density at radius 3 is 2.45 bits per heavy atom. The summed E-state index contributed by atoms with van der Waals surface area (Å²) in [5, 5.41) is 30.0. The van der Waals surface area contributed by atoms with Gasteiger partial charge in [-0.15, -0.1) is 0 Å². The number of carbonyl (C=O) groups is 2. The number of amides is 1. The maximum Gasteiger partial charge on any atom is 0.341 e. The second-order valence-electron chi connectivity index (χ2n) is 5.61. The molecule has 0 saturated carbocycles. The predicted molar refractivity (Wildman–Crippen MR) is 109 cm³/mol. The molecule has 0 saturated heterocycles. The van der Waals surface area contributed by atoms with E-state index >= 15 is 0 Å². The van der Waals surface area contributed by atoms with Crippen LogP contribution in [0.5, 0.6) is 17.2 Å². The fraction of sp³-hybridized carbons (Fsp3) is 0.150. The number of carboxylic acids is 1. The summed E-state index contributed by atoms with van der Waals surface area (Å²) in [5.41, 5.74) is 0.717. The number of carboxylic acid groups (broad SMARTS) is 1. The first-order valence-corrected chi connectivity index (χ1v) is 9.16. The van der Waals surface area contributed by atoms with Crippen LogP contribution >= 0.6 is 15.9 Å². The number of hydrogen-bond donors (Lipinski definition) is 3. The van der Waals surface area contributed by atoms with E-state index in [2.05, 4.69) is 21.2 Å². The molecule has 0 bridgehead atoms. The Hall–Kier alpha value is -3.51. The fourth-order valence-electron chi connectivity index (χ4n) is 2.23. The van der Waals surface area contributed by atoms with Gasteiger partial charge in [0.1, 0.15) is 17.4 Å². The molecule has 9 heteroatoms. The Balaban J connectivity index is 2.32. The van der Waals surface area contributed by atoms with Gasteiger partial charge < -0.3 is 25.0 Å². The third-order valence-electron chi connectivity index (χ3n) is 3.50. The smallest absolute Gasteiger partial charge is 0.341 e. The zero-order chi connectivity index (χ0) is 21.4. The molecule has 0 unspecified atom stereocenters. The van der Waals surface area contributed by atoms with Crippen LogP contribution in [0.25, 0.3) is 6.08 Å². The average Bonchev–Trinajstić information content (AvgIpc) is 2.68. The molecule has 0 aliphatic rings. The maximum atomic E-state index is 12.4. The highest BCUT2D eigenvalue weighted by Crippen LogP contribution is 2.35. The zero-order valence-electron chi connectivity index (χ0n) is 15.3.